The fraction of sp³-hybridized carbons (Fsp3) is 0.158. The predicted molar refractivity (Wildman–Crippen MR) is 114 cm³/mol. The Bertz CT molecular complexity index is 959. The minimum atomic E-state index is 0.134. The van der Waals surface area contributed by atoms with E-state index in [0.717, 1.165) is 33.3 Å². The number of fused-ring (bicyclic) bond motifs is 1. The van der Waals surface area contributed by atoms with E-state index in [-0.39, 0.29) is 11.5 Å². The van der Waals surface area contributed by atoms with Crippen LogP contribution in [0.3, 0.4) is 0 Å². The summed E-state index contributed by atoms with van der Waals surface area (Å²) in [4.78, 5) is 0. The lowest BCUT2D eigenvalue weighted by atomic mass is 9.91. The molecule has 3 aromatic carbocycles. The Hall–Kier alpha value is -1.80. The van der Waals surface area contributed by atoms with Crippen molar-refractivity contribution in [2.24, 2.45) is 0 Å². The Morgan fingerprint density at radius 3 is 2.48 bits per heavy atom. The molecule has 0 atom stereocenters. The highest BCUT2D eigenvalue weighted by molar-refractivity contribution is 14.2. The third-order valence-electron chi connectivity index (χ3n) is 4.35. The van der Waals surface area contributed by atoms with Gasteiger partial charge in [-0.25, -0.2) is 0 Å². The molecule has 130 valence electrons. The fourth-order valence-electron chi connectivity index (χ4n) is 3.04. The van der Waals surface area contributed by atoms with Gasteiger partial charge in [0.25, 0.3) is 0 Å². The maximum absolute atomic E-state index is 10.7. The molecule has 6 heteroatoms. The van der Waals surface area contributed by atoms with E-state index in [0.29, 0.717) is 11.1 Å². The zero-order valence-electron chi connectivity index (χ0n) is 14.1. The second kappa shape index (κ2) is 7.21. The van der Waals surface area contributed by atoms with E-state index in [9.17, 15) is 10.2 Å². The summed E-state index contributed by atoms with van der Waals surface area (Å²) in [5, 5.41) is 23.1. The Morgan fingerprint density at radius 1 is 1.04 bits per heavy atom. The van der Waals surface area contributed by atoms with E-state index in [1.54, 1.807) is 13.2 Å². The van der Waals surface area contributed by atoms with E-state index >= 15 is 0 Å². The highest BCUT2D eigenvalue weighted by atomic mass is 127. The molecule has 0 aliphatic carbocycles. The quantitative estimate of drug-likeness (QED) is 0.251. The van der Waals surface area contributed by atoms with E-state index in [1.807, 2.05) is 44.2 Å². The number of rotatable bonds is 4. The number of anilines is 1. The van der Waals surface area contributed by atoms with Gasteiger partial charge in [0, 0.05) is 47.1 Å². The maximum Gasteiger partial charge on any atom is 0.126 e. The Labute approximate surface area is 162 Å². The smallest absolute Gasteiger partial charge is 0.126 e. The standard InChI is InChI=1S/C19H18INO3S/c1-10-8-15(21-25-20)11(2)17(19(10)23)18-14-6-5-13(24-3)9-12(14)4-7-16(18)22/h4-9,21-23H,1-3H3. The van der Waals surface area contributed by atoms with Gasteiger partial charge in [-0.1, -0.05) is 6.07 Å². The first-order valence-corrected chi connectivity index (χ1v) is 11.0. The summed E-state index contributed by atoms with van der Waals surface area (Å²) < 4.78 is 8.52. The Balaban J connectivity index is 2.38. The molecule has 3 rings (SSSR count). The molecule has 0 amide bonds. The number of aromatic hydroxyl groups is 2. The number of aryl methyl sites for hydroxylation is 1. The van der Waals surface area contributed by atoms with E-state index in [4.69, 9.17) is 4.74 Å². The van der Waals surface area contributed by atoms with Crippen LogP contribution in [0.5, 0.6) is 17.2 Å². The average Bonchev–Trinajstić information content (AvgIpc) is 2.61. The molecule has 0 fully saturated rings. The molecule has 0 heterocycles. The molecular weight excluding hydrogens is 449 g/mol. The lowest BCUT2D eigenvalue weighted by Gasteiger charge is -2.18. The van der Waals surface area contributed by atoms with Crippen LogP contribution in [0.15, 0.2) is 36.4 Å². The lowest BCUT2D eigenvalue weighted by molar-refractivity contribution is 0.415. The molecule has 3 aromatic rings. The first kappa shape index (κ1) is 18.0. The third kappa shape index (κ3) is 3.20. The van der Waals surface area contributed by atoms with Gasteiger partial charge < -0.3 is 19.7 Å². The number of phenols is 2. The molecule has 3 N–H and O–H groups in total. The lowest BCUT2D eigenvalue weighted by Crippen LogP contribution is -1.95. The zero-order valence-corrected chi connectivity index (χ0v) is 17.0. The van der Waals surface area contributed by atoms with Gasteiger partial charge in [-0.2, -0.15) is 0 Å². The molecule has 0 saturated carbocycles. The van der Waals surface area contributed by atoms with Crippen LogP contribution in [0.4, 0.5) is 5.69 Å². The van der Waals surface area contributed by atoms with Gasteiger partial charge in [0.05, 0.1) is 7.11 Å². The molecule has 0 spiro atoms. The van der Waals surface area contributed by atoms with Gasteiger partial charge in [0.1, 0.15) is 17.2 Å². The number of ether oxygens (including phenoxy) is 1. The van der Waals surface area contributed by atoms with Crippen LogP contribution < -0.4 is 9.46 Å². The maximum atomic E-state index is 10.7. The summed E-state index contributed by atoms with van der Waals surface area (Å²) in [5.41, 5.74) is 3.81. The molecular formula is C19H18INO3S. The first-order valence-electron chi connectivity index (χ1n) is 7.64. The summed E-state index contributed by atoms with van der Waals surface area (Å²) in [6.07, 6.45) is 0. The number of methoxy groups -OCH3 is 1. The van der Waals surface area contributed by atoms with E-state index < -0.39 is 0 Å². The van der Waals surface area contributed by atoms with Crippen LogP contribution in [0.2, 0.25) is 0 Å². The first-order chi connectivity index (χ1) is 12.0. The summed E-state index contributed by atoms with van der Waals surface area (Å²) in [7, 11) is 3.08. The van der Waals surface area contributed by atoms with Crippen molar-refractivity contribution in [1.82, 2.24) is 0 Å². The molecule has 0 saturated heterocycles. The minimum Gasteiger partial charge on any atom is -0.507 e. The highest BCUT2D eigenvalue weighted by Gasteiger charge is 2.20. The minimum absolute atomic E-state index is 0.134. The molecule has 25 heavy (non-hydrogen) atoms. The average molecular weight is 467 g/mol. The van der Waals surface area contributed by atoms with Crippen molar-refractivity contribution < 1.29 is 14.9 Å². The van der Waals surface area contributed by atoms with Crippen LogP contribution in [0.1, 0.15) is 11.1 Å². The Morgan fingerprint density at radius 2 is 1.80 bits per heavy atom. The fourth-order valence-corrected chi connectivity index (χ4v) is 4.05. The third-order valence-corrected chi connectivity index (χ3v) is 5.31. The second-order valence-electron chi connectivity index (χ2n) is 5.82. The van der Waals surface area contributed by atoms with Gasteiger partial charge in [-0.05, 0) is 66.1 Å². The van der Waals surface area contributed by atoms with Gasteiger partial charge in [0.15, 0.2) is 0 Å². The topological polar surface area (TPSA) is 61.7 Å². The van der Waals surface area contributed by atoms with Crippen LogP contribution in [0.25, 0.3) is 21.9 Å². The highest BCUT2D eigenvalue weighted by Crippen LogP contribution is 2.46. The second-order valence-corrected chi connectivity index (χ2v) is 7.50. The normalized spacial score (nSPS) is 10.9. The molecule has 4 nitrogen and oxygen atoms in total. The van der Waals surface area contributed by atoms with Crippen molar-refractivity contribution in [3.63, 3.8) is 0 Å². The van der Waals surface area contributed by atoms with Crippen molar-refractivity contribution in [2.75, 3.05) is 11.8 Å². The molecule has 0 aliphatic heterocycles. The number of benzene rings is 3. The van der Waals surface area contributed by atoms with Gasteiger partial charge >= 0.3 is 0 Å². The molecule has 0 aliphatic rings. The van der Waals surface area contributed by atoms with Crippen molar-refractivity contribution in [1.29, 1.82) is 0 Å². The number of hydrogen-bond acceptors (Lipinski definition) is 5. The van der Waals surface area contributed by atoms with Crippen molar-refractivity contribution in [3.05, 3.63) is 47.5 Å². The predicted octanol–water partition coefficient (Wildman–Crippen LogP) is 5.95. The van der Waals surface area contributed by atoms with Crippen LogP contribution in [-0.4, -0.2) is 17.3 Å². The SMILES string of the molecule is COc1ccc2c(-c3c(C)c(NSI)cc(C)c3O)c(O)ccc2c1. The summed E-state index contributed by atoms with van der Waals surface area (Å²) in [5.74, 6) is 1.06. The van der Waals surface area contributed by atoms with Gasteiger partial charge in [0.2, 0.25) is 0 Å². The number of hydrogen-bond donors (Lipinski definition) is 3. The van der Waals surface area contributed by atoms with Crippen molar-refractivity contribution >= 4 is 46.8 Å². The largest absolute Gasteiger partial charge is 0.507 e. The molecule has 0 radical (unpaired) electrons. The summed E-state index contributed by atoms with van der Waals surface area (Å²) in [6.45, 7) is 3.79. The number of phenolic OH excluding ortho intramolecular Hbond substituents is 2. The Kier molecular flexibility index (Phi) is 5.19. The van der Waals surface area contributed by atoms with E-state index in [2.05, 4.69) is 25.9 Å². The number of nitrogens with one attached hydrogen (secondary N) is 1. The van der Waals surface area contributed by atoms with E-state index in [1.165, 1.54) is 9.12 Å². The monoisotopic (exact) mass is 467 g/mol. The molecule has 0 bridgehead atoms. The zero-order chi connectivity index (χ0) is 18.1. The summed E-state index contributed by atoms with van der Waals surface area (Å²) >= 11 is 2.16. The van der Waals surface area contributed by atoms with Crippen LogP contribution in [-0.2, 0) is 0 Å². The van der Waals surface area contributed by atoms with Crippen molar-refractivity contribution in [3.8, 4) is 28.4 Å². The van der Waals surface area contributed by atoms with Gasteiger partial charge in [-0.15, -0.1) is 0 Å². The van der Waals surface area contributed by atoms with Gasteiger partial charge in [-0.3, -0.25) is 0 Å². The van der Waals surface area contributed by atoms with Crippen LogP contribution in [0, 0.1) is 13.8 Å². The van der Waals surface area contributed by atoms with Crippen LogP contribution >= 0.6 is 30.3 Å². The van der Waals surface area contributed by atoms with Crippen molar-refractivity contribution in [2.45, 2.75) is 13.8 Å². The summed E-state index contributed by atoms with van der Waals surface area (Å²) in [6, 6.07) is 11.1. The molecule has 0 aromatic heterocycles. The molecule has 0 unspecified atom stereocenters. The number of halogens is 1.